The highest BCUT2D eigenvalue weighted by molar-refractivity contribution is 14.1. The molecule has 1 aromatic rings. The highest BCUT2D eigenvalue weighted by atomic mass is 127. The van der Waals surface area contributed by atoms with E-state index >= 15 is 0 Å². The van der Waals surface area contributed by atoms with Gasteiger partial charge in [-0.25, -0.2) is 5.06 Å². The van der Waals surface area contributed by atoms with Gasteiger partial charge in [0.15, 0.2) is 0 Å². The molecule has 1 rings (SSSR count). The second-order valence-corrected chi connectivity index (χ2v) is 4.07. The van der Waals surface area contributed by atoms with Crippen molar-refractivity contribution in [1.29, 1.82) is 0 Å². The highest BCUT2D eigenvalue weighted by Crippen LogP contribution is 2.20. The van der Waals surface area contributed by atoms with Crippen molar-refractivity contribution in [1.82, 2.24) is 5.06 Å². The maximum absolute atomic E-state index is 11.7. The number of nitrogens with zero attached hydrogens (tertiary/aromatic N) is 2. The maximum Gasteiger partial charge on any atom is 0.278 e. The van der Waals surface area contributed by atoms with Crippen molar-refractivity contribution in [3.8, 4) is 0 Å². The van der Waals surface area contributed by atoms with E-state index in [1.54, 1.807) is 0 Å². The molecule has 0 spiro atoms. The normalized spacial score (nSPS) is 9.94. The molecule has 0 aromatic heterocycles. The fraction of sp³-hybridized carbons (Fsp3) is 0.222. The fourth-order valence-corrected chi connectivity index (χ4v) is 1.77. The van der Waals surface area contributed by atoms with Crippen molar-refractivity contribution in [2.24, 2.45) is 0 Å². The first kappa shape index (κ1) is 12.8. The summed E-state index contributed by atoms with van der Waals surface area (Å²) in [5.74, 6) is -0.346. The van der Waals surface area contributed by atoms with Crippen LogP contribution in [0.2, 0.25) is 0 Å². The van der Waals surface area contributed by atoms with Gasteiger partial charge in [0.05, 0.1) is 17.6 Å². The number of hydroxylamine groups is 2. The third-order valence-corrected chi connectivity index (χ3v) is 2.85. The molecule has 0 heterocycles. The second kappa shape index (κ2) is 5.21. The molecule has 0 N–H and O–H groups in total. The Morgan fingerprint density at radius 3 is 2.62 bits per heavy atom. The Hall–Kier alpha value is -1.22. The zero-order chi connectivity index (χ0) is 12.3. The predicted molar refractivity (Wildman–Crippen MR) is 64.9 cm³/mol. The van der Waals surface area contributed by atoms with Crippen LogP contribution in [-0.4, -0.2) is 30.1 Å². The molecule has 0 radical (unpaired) electrons. The van der Waals surface area contributed by atoms with Crippen LogP contribution in [0.4, 0.5) is 5.69 Å². The van der Waals surface area contributed by atoms with E-state index in [0.717, 1.165) is 5.06 Å². The van der Waals surface area contributed by atoms with Crippen LogP contribution >= 0.6 is 22.6 Å². The molecular weight excluding hydrogens is 327 g/mol. The molecule has 0 aliphatic rings. The summed E-state index contributed by atoms with van der Waals surface area (Å²) < 4.78 is 0.515. The summed E-state index contributed by atoms with van der Waals surface area (Å²) in [6, 6.07) is 4.05. The molecule has 6 nitrogen and oxygen atoms in total. The van der Waals surface area contributed by atoms with Gasteiger partial charge in [0.25, 0.3) is 11.6 Å². The van der Waals surface area contributed by atoms with Crippen LogP contribution in [0.25, 0.3) is 0 Å². The summed E-state index contributed by atoms with van der Waals surface area (Å²) >= 11 is 1.88. The predicted octanol–water partition coefficient (Wildman–Crippen LogP) is 1.83. The van der Waals surface area contributed by atoms with E-state index < -0.39 is 4.92 Å². The average Bonchev–Trinajstić information content (AvgIpc) is 2.26. The quantitative estimate of drug-likeness (QED) is 0.480. The van der Waals surface area contributed by atoms with Crippen LogP contribution in [0.15, 0.2) is 18.2 Å². The molecule has 0 saturated carbocycles. The lowest BCUT2D eigenvalue weighted by Gasteiger charge is -2.14. The number of carbonyl (C=O) groups excluding carboxylic acids is 1. The van der Waals surface area contributed by atoms with Crippen LogP contribution < -0.4 is 0 Å². The molecule has 0 atom stereocenters. The number of non-ortho nitro benzene ring substituents is 1. The number of halogens is 1. The van der Waals surface area contributed by atoms with Crippen LogP contribution in [-0.2, 0) is 4.84 Å². The molecule has 86 valence electrons. The fourth-order valence-electron chi connectivity index (χ4n) is 1.04. The van der Waals surface area contributed by atoms with Crippen molar-refractivity contribution in [2.75, 3.05) is 14.2 Å². The number of nitro benzene ring substituents is 1. The van der Waals surface area contributed by atoms with Crippen LogP contribution in [0, 0.1) is 13.7 Å². The Morgan fingerprint density at radius 2 is 2.19 bits per heavy atom. The summed E-state index contributed by atoms with van der Waals surface area (Å²) in [4.78, 5) is 26.5. The minimum Gasteiger partial charge on any atom is -0.274 e. The van der Waals surface area contributed by atoms with Crippen molar-refractivity contribution in [2.45, 2.75) is 0 Å². The Bertz CT molecular complexity index is 436. The number of carbonyl (C=O) groups is 1. The minimum atomic E-state index is -0.504. The van der Waals surface area contributed by atoms with Gasteiger partial charge in [0.1, 0.15) is 0 Å². The molecule has 0 aliphatic carbocycles. The molecule has 0 fully saturated rings. The number of amides is 1. The molecule has 16 heavy (non-hydrogen) atoms. The van der Waals surface area contributed by atoms with Crippen LogP contribution in [0.3, 0.4) is 0 Å². The SMILES string of the molecule is CON(C)C(=O)c1ccc([N+](=O)[O-])cc1I. The summed E-state index contributed by atoms with van der Waals surface area (Å²) in [6.45, 7) is 0. The summed E-state index contributed by atoms with van der Waals surface area (Å²) in [5.41, 5.74) is 0.330. The first-order valence-corrected chi connectivity index (χ1v) is 5.31. The topological polar surface area (TPSA) is 72.7 Å². The van der Waals surface area contributed by atoms with Crippen molar-refractivity contribution in [3.63, 3.8) is 0 Å². The van der Waals surface area contributed by atoms with Crippen molar-refractivity contribution in [3.05, 3.63) is 37.4 Å². The molecule has 1 amide bonds. The Morgan fingerprint density at radius 1 is 1.56 bits per heavy atom. The third kappa shape index (κ3) is 2.67. The van der Waals surface area contributed by atoms with E-state index in [1.165, 1.54) is 32.4 Å². The van der Waals surface area contributed by atoms with E-state index in [0.29, 0.717) is 9.13 Å². The lowest BCUT2D eigenvalue weighted by atomic mass is 10.2. The molecule has 0 saturated heterocycles. The van der Waals surface area contributed by atoms with Gasteiger partial charge in [-0.15, -0.1) is 0 Å². The molecule has 7 heteroatoms. The van der Waals surface area contributed by atoms with Gasteiger partial charge in [-0.2, -0.15) is 0 Å². The molecule has 0 aliphatic heterocycles. The second-order valence-electron chi connectivity index (χ2n) is 2.91. The van der Waals surface area contributed by atoms with Crippen molar-refractivity contribution < 1.29 is 14.6 Å². The number of hydrogen-bond donors (Lipinski definition) is 0. The van der Waals surface area contributed by atoms with Gasteiger partial charge in [0, 0.05) is 22.8 Å². The van der Waals surface area contributed by atoms with Gasteiger partial charge in [-0.1, -0.05) is 0 Å². The largest absolute Gasteiger partial charge is 0.278 e. The molecule has 1 aromatic carbocycles. The third-order valence-electron chi connectivity index (χ3n) is 1.95. The zero-order valence-electron chi connectivity index (χ0n) is 8.64. The maximum atomic E-state index is 11.7. The van der Waals surface area contributed by atoms with Gasteiger partial charge in [0.2, 0.25) is 0 Å². The lowest BCUT2D eigenvalue weighted by Crippen LogP contribution is -2.26. The number of hydrogen-bond acceptors (Lipinski definition) is 4. The summed E-state index contributed by atoms with van der Waals surface area (Å²) in [7, 11) is 2.84. The lowest BCUT2D eigenvalue weighted by molar-refractivity contribution is -0.384. The van der Waals surface area contributed by atoms with Crippen LogP contribution in [0.1, 0.15) is 10.4 Å². The van der Waals surface area contributed by atoms with Gasteiger partial charge >= 0.3 is 0 Å². The van der Waals surface area contributed by atoms with Gasteiger partial charge in [-0.3, -0.25) is 19.7 Å². The molecule has 0 unspecified atom stereocenters. The minimum absolute atomic E-state index is 0.0407. The Labute approximate surface area is 105 Å². The number of nitro groups is 1. The molecular formula is C9H9IN2O4. The molecule has 0 bridgehead atoms. The first-order valence-electron chi connectivity index (χ1n) is 4.23. The summed E-state index contributed by atoms with van der Waals surface area (Å²) in [5, 5.41) is 11.6. The van der Waals surface area contributed by atoms with Gasteiger partial charge in [-0.05, 0) is 28.7 Å². The Kier molecular flexibility index (Phi) is 4.19. The smallest absolute Gasteiger partial charge is 0.274 e. The zero-order valence-corrected chi connectivity index (χ0v) is 10.8. The monoisotopic (exact) mass is 336 g/mol. The van der Waals surface area contributed by atoms with E-state index in [4.69, 9.17) is 4.84 Å². The average molecular weight is 336 g/mol. The van der Waals surface area contributed by atoms with Crippen molar-refractivity contribution >= 4 is 34.2 Å². The van der Waals surface area contributed by atoms with Gasteiger partial charge < -0.3 is 0 Å². The number of rotatable bonds is 3. The van der Waals surface area contributed by atoms with E-state index in [2.05, 4.69) is 0 Å². The van der Waals surface area contributed by atoms with E-state index in [-0.39, 0.29) is 11.6 Å². The van der Waals surface area contributed by atoms with E-state index in [9.17, 15) is 14.9 Å². The van der Waals surface area contributed by atoms with Crippen LogP contribution in [0.5, 0.6) is 0 Å². The first-order chi connectivity index (χ1) is 7.47. The number of benzene rings is 1. The standard InChI is InChI=1S/C9H9IN2O4/c1-11(16-2)9(13)7-4-3-6(12(14)15)5-8(7)10/h3-5H,1-2H3. The summed E-state index contributed by atoms with van der Waals surface area (Å²) in [6.07, 6.45) is 0. The van der Waals surface area contributed by atoms with E-state index in [1.807, 2.05) is 22.6 Å². The Balaban J connectivity index is 3.08. The highest BCUT2D eigenvalue weighted by Gasteiger charge is 2.17.